The van der Waals surface area contributed by atoms with Gasteiger partial charge in [0.05, 0.1) is 6.26 Å². The summed E-state index contributed by atoms with van der Waals surface area (Å²) in [6, 6.07) is 0. The van der Waals surface area contributed by atoms with Gasteiger partial charge in [-0.2, -0.15) is 8.42 Å². The quantitative estimate of drug-likeness (QED) is 0.513. The molecule has 0 aromatic rings. The zero-order valence-corrected chi connectivity index (χ0v) is 8.92. The van der Waals surface area contributed by atoms with Crippen LogP contribution in [0.4, 0.5) is 0 Å². The van der Waals surface area contributed by atoms with Crippen LogP contribution < -0.4 is 5.32 Å². The zero-order chi connectivity index (χ0) is 10.6. The molecule has 0 aromatic heterocycles. The largest absolute Gasteiger partial charge is 0.317 e. The van der Waals surface area contributed by atoms with Crippen molar-refractivity contribution in [2.45, 2.75) is 18.9 Å². The van der Waals surface area contributed by atoms with Crippen molar-refractivity contribution in [3.63, 3.8) is 0 Å². The summed E-state index contributed by atoms with van der Waals surface area (Å²) in [5, 5.41) is 3.14. The molecule has 0 bridgehead atoms. The molecule has 1 heterocycles. The first kappa shape index (κ1) is 11.6. The van der Waals surface area contributed by atoms with Crippen LogP contribution in [0, 0.1) is 5.92 Å². The zero-order valence-electron chi connectivity index (χ0n) is 8.10. The lowest BCUT2D eigenvalue weighted by molar-refractivity contribution is -0.116. The molecule has 0 saturated carbocycles. The maximum Gasteiger partial charge on any atom is 0.265 e. The third kappa shape index (κ3) is 3.73. The summed E-state index contributed by atoms with van der Waals surface area (Å²) in [5.41, 5.74) is 0. The molecule has 0 amide bonds. The first-order chi connectivity index (χ1) is 6.53. The Labute approximate surface area is 83.9 Å². The number of piperidine rings is 1. The van der Waals surface area contributed by atoms with Crippen molar-refractivity contribution in [1.82, 2.24) is 5.32 Å². The Kier molecular flexibility index (Phi) is 4.03. The number of carbonyl (C=O) groups excluding carboxylic acids is 1. The predicted molar refractivity (Wildman–Crippen MR) is 51.4 cm³/mol. The van der Waals surface area contributed by atoms with Crippen LogP contribution in [0.3, 0.4) is 0 Å². The average molecular weight is 221 g/mol. The lowest BCUT2D eigenvalue weighted by Crippen LogP contribution is -2.37. The third-order valence-electron chi connectivity index (χ3n) is 2.27. The Morgan fingerprint density at radius 2 is 2.00 bits per heavy atom. The second-order valence-corrected chi connectivity index (χ2v) is 5.09. The second kappa shape index (κ2) is 4.86. The van der Waals surface area contributed by atoms with E-state index in [2.05, 4.69) is 5.32 Å². The normalized spacial score (nSPS) is 21.8. The molecule has 1 saturated heterocycles. The lowest BCUT2D eigenvalue weighted by atomic mass is 9.93. The Hall–Kier alpha value is -0.460. The van der Waals surface area contributed by atoms with Crippen molar-refractivity contribution in [2.75, 3.05) is 19.3 Å². The minimum Gasteiger partial charge on any atom is -0.317 e. The molecular weight excluding hydrogens is 206 g/mol. The molecule has 14 heavy (non-hydrogen) atoms. The number of aldehydes is 1. The highest BCUT2D eigenvalue weighted by molar-refractivity contribution is 7.86. The first-order valence-electron chi connectivity index (χ1n) is 4.57. The Morgan fingerprint density at radius 1 is 1.43 bits per heavy atom. The predicted octanol–water partition coefficient (Wildman–Crippen LogP) is -0.470. The first-order valence-corrected chi connectivity index (χ1v) is 6.39. The van der Waals surface area contributed by atoms with Crippen LogP contribution in [0.2, 0.25) is 0 Å². The molecule has 1 rings (SSSR count). The van der Waals surface area contributed by atoms with Crippen LogP contribution in [-0.2, 0) is 19.1 Å². The molecule has 82 valence electrons. The summed E-state index contributed by atoms with van der Waals surface area (Å²) in [4.78, 5) is 10.7. The van der Waals surface area contributed by atoms with Crippen molar-refractivity contribution in [1.29, 1.82) is 0 Å². The van der Waals surface area contributed by atoms with E-state index in [1.165, 1.54) is 0 Å². The van der Waals surface area contributed by atoms with Gasteiger partial charge >= 0.3 is 0 Å². The van der Waals surface area contributed by atoms with Crippen molar-refractivity contribution in [3.05, 3.63) is 0 Å². The highest BCUT2D eigenvalue weighted by atomic mass is 32.2. The van der Waals surface area contributed by atoms with Gasteiger partial charge < -0.3 is 10.1 Å². The van der Waals surface area contributed by atoms with Crippen LogP contribution >= 0.6 is 0 Å². The van der Waals surface area contributed by atoms with E-state index < -0.39 is 16.2 Å². The van der Waals surface area contributed by atoms with E-state index in [-0.39, 0.29) is 5.92 Å². The van der Waals surface area contributed by atoms with Gasteiger partial charge in [-0.15, -0.1) is 0 Å². The molecule has 1 fully saturated rings. The number of rotatable bonds is 4. The molecular formula is C8H15NO4S. The van der Waals surface area contributed by atoms with Gasteiger partial charge in [-0.3, -0.25) is 4.18 Å². The van der Waals surface area contributed by atoms with Crippen molar-refractivity contribution in [2.24, 2.45) is 5.92 Å². The number of hydrogen-bond acceptors (Lipinski definition) is 5. The summed E-state index contributed by atoms with van der Waals surface area (Å²) in [7, 11) is -3.54. The SMILES string of the molecule is CS(=O)(=O)OC(C=O)C1CCNCC1. The number of nitrogens with one attached hydrogen (secondary N) is 1. The van der Waals surface area contributed by atoms with Crippen LogP contribution in [0.5, 0.6) is 0 Å². The van der Waals surface area contributed by atoms with Crippen LogP contribution in [-0.4, -0.2) is 40.2 Å². The fourth-order valence-electron chi connectivity index (χ4n) is 1.59. The molecule has 0 spiro atoms. The van der Waals surface area contributed by atoms with Gasteiger partial charge in [0.2, 0.25) is 0 Å². The molecule has 5 nitrogen and oxygen atoms in total. The smallest absolute Gasteiger partial charge is 0.265 e. The van der Waals surface area contributed by atoms with Gasteiger partial charge in [0.15, 0.2) is 6.29 Å². The Balaban J connectivity index is 2.56. The monoisotopic (exact) mass is 221 g/mol. The minimum absolute atomic E-state index is 0.0171. The fourth-order valence-corrected chi connectivity index (χ4v) is 2.19. The molecule has 1 atom stereocenters. The van der Waals surface area contributed by atoms with E-state index in [1.54, 1.807) is 0 Å². The van der Waals surface area contributed by atoms with Crippen molar-refractivity contribution < 1.29 is 17.4 Å². The average Bonchev–Trinajstić information content (AvgIpc) is 2.14. The molecule has 6 heteroatoms. The molecule has 0 aliphatic carbocycles. The number of carbonyl (C=O) groups is 1. The summed E-state index contributed by atoms with van der Waals surface area (Å²) in [5.74, 6) is 0.0171. The van der Waals surface area contributed by atoms with Crippen molar-refractivity contribution in [3.8, 4) is 0 Å². The Bertz CT molecular complexity index is 282. The van der Waals surface area contributed by atoms with Gasteiger partial charge in [-0.25, -0.2) is 0 Å². The van der Waals surface area contributed by atoms with E-state index in [9.17, 15) is 13.2 Å². The topological polar surface area (TPSA) is 72.5 Å². The summed E-state index contributed by atoms with van der Waals surface area (Å²) < 4.78 is 26.4. The van der Waals surface area contributed by atoms with Gasteiger partial charge in [0, 0.05) is 0 Å². The molecule has 1 aliphatic rings. The highest BCUT2D eigenvalue weighted by Crippen LogP contribution is 2.18. The molecule has 0 aromatic carbocycles. The lowest BCUT2D eigenvalue weighted by Gasteiger charge is -2.26. The molecule has 1 aliphatic heterocycles. The van der Waals surface area contributed by atoms with Crippen LogP contribution in [0.15, 0.2) is 0 Å². The van der Waals surface area contributed by atoms with Gasteiger partial charge in [-0.05, 0) is 31.8 Å². The highest BCUT2D eigenvalue weighted by Gasteiger charge is 2.26. The molecule has 0 radical (unpaired) electrons. The van der Waals surface area contributed by atoms with E-state index >= 15 is 0 Å². The minimum atomic E-state index is -3.54. The second-order valence-electron chi connectivity index (χ2n) is 3.49. The van der Waals surface area contributed by atoms with Crippen LogP contribution in [0.25, 0.3) is 0 Å². The third-order valence-corrected chi connectivity index (χ3v) is 2.84. The standard InChI is InChI=1S/C8H15NO4S/c1-14(11,12)13-8(6-10)7-2-4-9-5-3-7/h6-9H,2-5H2,1H3. The van der Waals surface area contributed by atoms with E-state index in [0.29, 0.717) is 6.29 Å². The molecule has 1 unspecified atom stereocenters. The molecule has 1 N–H and O–H groups in total. The maximum atomic E-state index is 10.8. The summed E-state index contributed by atoms with van der Waals surface area (Å²) in [6.07, 6.45) is 2.28. The number of hydrogen-bond donors (Lipinski definition) is 1. The Morgan fingerprint density at radius 3 is 2.43 bits per heavy atom. The van der Waals surface area contributed by atoms with Gasteiger partial charge in [-0.1, -0.05) is 0 Å². The van der Waals surface area contributed by atoms with Gasteiger partial charge in [0.1, 0.15) is 6.10 Å². The van der Waals surface area contributed by atoms with Crippen molar-refractivity contribution >= 4 is 16.4 Å². The van der Waals surface area contributed by atoms with Crippen LogP contribution in [0.1, 0.15) is 12.8 Å². The van der Waals surface area contributed by atoms with Gasteiger partial charge in [0.25, 0.3) is 10.1 Å². The van der Waals surface area contributed by atoms with E-state index in [0.717, 1.165) is 32.2 Å². The fraction of sp³-hybridized carbons (Fsp3) is 0.875. The summed E-state index contributed by atoms with van der Waals surface area (Å²) >= 11 is 0. The van der Waals surface area contributed by atoms with E-state index in [4.69, 9.17) is 4.18 Å². The summed E-state index contributed by atoms with van der Waals surface area (Å²) in [6.45, 7) is 1.62. The van der Waals surface area contributed by atoms with E-state index in [1.807, 2.05) is 0 Å². The maximum absolute atomic E-state index is 10.8.